The highest BCUT2D eigenvalue weighted by molar-refractivity contribution is 5.46. The van der Waals surface area contributed by atoms with Crippen LogP contribution in [0.15, 0.2) is 47.1 Å². The van der Waals surface area contributed by atoms with Crippen LogP contribution in [-0.2, 0) is 6.42 Å². The second-order valence-electron chi connectivity index (χ2n) is 9.30. The molecule has 0 aromatic heterocycles. The molecular weight excluding hydrogens is 356 g/mol. The van der Waals surface area contributed by atoms with Crippen LogP contribution in [0.4, 0.5) is 0 Å². The van der Waals surface area contributed by atoms with Crippen LogP contribution >= 0.6 is 0 Å². The number of phenols is 1. The fourth-order valence-corrected chi connectivity index (χ4v) is 3.86. The van der Waals surface area contributed by atoms with Gasteiger partial charge in [-0.15, -0.1) is 0 Å². The Hall–Kier alpha value is -1.96. The summed E-state index contributed by atoms with van der Waals surface area (Å²) < 4.78 is 6.35. The van der Waals surface area contributed by atoms with E-state index in [0.29, 0.717) is 5.75 Å². The molecule has 2 nitrogen and oxygen atoms in total. The number of benzene rings is 1. The summed E-state index contributed by atoms with van der Waals surface area (Å²) >= 11 is 0. The topological polar surface area (TPSA) is 29.5 Å². The van der Waals surface area contributed by atoms with Crippen LogP contribution in [0, 0.1) is 6.92 Å². The lowest BCUT2D eigenvalue weighted by Crippen LogP contribution is -2.36. The molecule has 1 aromatic carbocycles. The number of aromatic hydroxyl groups is 1. The molecule has 0 spiro atoms. The van der Waals surface area contributed by atoms with E-state index in [1.54, 1.807) is 0 Å². The average Bonchev–Trinajstić information content (AvgIpc) is 2.63. The summed E-state index contributed by atoms with van der Waals surface area (Å²) in [6.45, 7) is 13.0. The third-order valence-electron chi connectivity index (χ3n) is 5.95. The van der Waals surface area contributed by atoms with E-state index < -0.39 is 0 Å². The first-order chi connectivity index (χ1) is 13.7. The summed E-state index contributed by atoms with van der Waals surface area (Å²) in [5.74, 6) is 1.32. The van der Waals surface area contributed by atoms with Crippen LogP contribution in [0.5, 0.6) is 11.5 Å². The van der Waals surface area contributed by atoms with Crippen LogP contribution in [0.2, 0.25) is 0 Å². The zero-order valence-corrected chi connectivity index (χ0v) is 19.4. The van der Waals surface area contributed by atoms with Crippen molar-refractivity contribution >= 4 is 0 Å². The monoisotopic (exact) mass is 396 g/mol. The molecule has 0 fully saturated rings. The van der Waals surface area contributed by atoms with Crippen molar-refractivity contribution in [1.29, 1.82) is 0 Å². The van der Waals surface area contributed by atoms with Gasteiger partial charge < -0.3 is 9.84 Å². The van der Waals surface area contributed by atoms with Crippen molar-refractivity contribution in [3.63, 3.8) is 0 Å². The van der Waals surface area contributed by atoms with Gasteiger partial charge in [-0.05, 0) is 116 Å². The molecule has 1 atom stereocenters. The Bertz CT molecular complexity index is 778. The number of allylic oxidation sites excluding steroid dienone is 6. The van der Waals surface area contributed by atoms with Crippen LogP contribution in [0.1, 0.15) is 90.7 Å². The first-order valence-corrected chi connectivity index (χ1v) is 11.1. The molecule has 1 aliphatic heterocycles. The van der Waals surface area contributed by atoms with E-state index in [1.165, 1.54) is 23.1 Å². The fourth-order valence-electron chi connectivity index (χ4n) is 3.86. The second kappa shape index (κ2) is 10.7. The van der Waals surface area contributed by atoms with Gasteiger partial charge in [0.2, 0.25) is 0 Å². The van der Waals surface area contributed by atoms with Gasteiger partial charge >= 0.3 is 0 Å². The maximum absolute atomic E-state index is 9.91. The minimum absolute atomic E-state index is 0.116. The molecule has 2 heteroatoms. The standard InChI is InChI=1S/C27H40O2/c1-20(2)10-7-11-21(3)12-8-13-22(4)14-9-16-27(6)17-15-24-19-25(28)23(5)18-26(24)29-27/h10,12,14,18-19,28H,7-9,11,13,15-17H2,1-6H3/b21-12+,22-14+/t27-/m1/s1. The van der Waals surface area contributed by atoms with E-state index in [1.807, 2.05) is 19.1 Å². The van der Waals surface area contributed by atoms with Crippen LogP contribution < -0.4 is 4.74 Å². The summed E-state index contributed by atoms with van der Waals surface area (Å²) in [5.41, 5.74) is 6.27. The molecule has 2 rings (SSSR count). The van der Waals surface area contributed by atoms with Crippen molar-refractivity contribution in [1.82, 2.24) is 0 Å². The van der Waals surface area contributed by atoms with Gasteiger partial charge in [-0.25, -0.2) is 0 Å². The highest BCUT2D eigenvalue weighted by Gasteiger charge is 2.31. The average molecular weight is 397 g/mol. The lowest BCUT2D eigenvalue weighted by molar-refractivity contribution is 0.0569. The molecule has 0 saturated heterocycles. The number of fused-ring (bicyclic) bond motifs is 1. The predicted molar refractivity (Wildman–Crippen MR) is 125 cm³/mol. The summed E-state index contributed by atoms with van der Waals surface area (Å²) in [6, 6.07) is 3.85. The maximum Gasteiger partial charge on any atom is 0.123 e. The lowest BCUT2D eigenvalue weighted by atomic mass is 9.88. The van der Waals surface area contributed by atoms with Gasteiger partial charge in [0.05, 0.1) is 0 Å². The number of phenolic OH excluding ortho intramolecular Hbond substituents is 1. The number of hydrogen-bond donors (Lipinski definition) is 1. The molecule has 1 N–H and O–H groups in total. The van der Waals surface area contributed by atoms with Crippen LogP contribution in [0.3, 0.4) is 0 Å². The Balaban J connectivity index is 1.78. The molecule has 0 bridgehead atoms. The maximum atomic E-state index is 9.91. The van der Waals surface area contributed by atoms with Gasteiger partial charge in [0.15, 0.2) is 0 Å². The number of aryl methyl sites for hydroxylation is 2. The molecule has 0 saturated carbocycles. The van der Waals surface area contributed by atoms with E-state index >= 15 is 0 Å². The van der Waals surface area contributed by atoms with E-state index in [2.05, 4.69) is 52.8 Å². The van der Waals surface area contributed by atoms with Crippen molar-refractivity contribution in [2.45, 2.75) is 98.5 Å². The molecule has 0 amide bonds. The number of rotatable bonds is 9. The lowest BCUT2D eigenvalue weighted by Gasteiger charge is -2.36. The second-order valence-corrected chi connectivity index (χ2v) is 9.30. The minimum Gasteiger partial charge on any atom is -0.508 e. The molecule has 1 aliphatic rings. The summed E-state index contributed by atoms with van der Waals surface area (Å²) in [5, 5.41) is 9.91. The van der Waals surface area contributed by atoms with Gasteiger partial charge in [-0.2, -0.15) is 0 Å². The Kier molecular flexibility index (Phi) is 8.61. The molecule has 0 unspecified atom stereocenters. The summed E-state index contributed by atoms with van der Waals surface area (Å²) in [4.78, 5) is 0. The van der Waals surface area contributed by atoms with Crippen molar-refractivity contribution in [3.05, 3.63) is 58.2 Å². The molecule has 1 aromatic rings. The van der Waals surface area contributed by atoms with Gasteiger partial charge in [0, 0.05) is 0 Å². The predicted octanol–water partition coefficient (Wildman–Crippen LogP) is 7.98. The Morgan fingerprint density at radius 1 is 1.00 bits per heavy atom. The summed E-state index contributed by atoms with van der Waals surface area (Å²) in [7, 11) is 0. The minimum atomic E-state index is -0.116. The van der Waals surface area contributed by atoms with Gasteiger partial charge in [-0.3, -0.25) is 0 Å². The number of hydrogen-bond acceptors (Lipinski definition) is 2. The van der Waals surface area contributed by atoms with E-state index in [9.17, 15) is 5.11 Å². The van der Waals surface area contributed by atoms with E-state index in [0.717, 1.165) is 61.8 Å². The molecule has 1 heterocycles. The zero-order valence-electron chi connectivity index (χ0n) is 19.4. The van der Waals surface area contributed by atoms with Gasteiger partial charge in [0.25, 0.3) is 0 Å². The smallest absolute Gasteiger partial charge is 0.123 e. The molecule has 29 heavy (non-hydrogen) atoms. The molecular formula is C27H40O2. The van der Waals surface area contributed by atoms with E-state index in [-0.39, 0.29) is 5.60 Å². The Morgan fingerprint density at radius 3 is 2.28 bits per heavy atom. The highest BCUT2D eigenvalue weighted by Crippen LogP contribution is 2.38. The van der Waals surface area contributed by atoms with Gasteiger partial charge in [-0.1, -0.05) is 34.9 Å². The molecule has 160 valence electrons. The van der Waals surface area contributed by atoms with Crippen molar-refractivity contribution in [2.75, 3.05) is 0 Å². The fraction of sp³-hybridized carbons (Fsp3) is 0.556. The van der Waals surface area contributed by atoms with Crippen LogP contribution in [0.25, 0.3) is 0 Å². The molecule has 0 radical (unpaired) electrons. The first kappa shape index (κ1) is 23.3. The van der Waals surface area contributed by atoms with Crippen molar-refractivity contribution in [3.8, 4) is 11.5 Å². The third-order valence-corrected chi connectivity index (χ3v) is 5.95. The van der Waals surface area contributed by atoms with Crippen LogP contribution in [-0.4, -0.2) is 10.7 Å². The normalized spacial score (nSPS) is 19.5. The Labute approximate surface area is 178 Å². The number of ether oxygens (including phenoxy) is 1. The molecule has 0 aliphatic carbocycles. The van der Waals surface area contributed by atoms with Crippen molar-refractivity contribution < 1.29 is 9.84 Å². The summed E-state index contributed by atoms with van der Waals surface area (Å²) in [6.07, 6.45) is 15.8. The quantitative estimate of drug-likeness (QED) is 0.429. The zero-order chi connectivity index (χ0) is 21.4. The highest BCUT2D eigenvalue weighted by atomic mass is 16.5. The van der Waals surface area contributed by atoms with Gasteiger partial charge in [0.1, 0.15) is 17.1 Å². The SMILES string of the molecule is CC(C)=CCC/C(C)=C/CC/C(C)=C/CC[C@]1(C)CCc2cc(O)c(C)cc2O1. The van der Waals surface area contributed by atoms with Crippen molar-refractivity contribution in [2.24, 2.45) is 0 Å². The largest absolute Gasteiger partial charge is 0.508 e. The Morgan fingerprint density at radius 2 is 1.62 bits per heavy atom. The van der Waals surface area contributed by atoms with E-state index in [4.69, 9.17) is 4.74 Å². The first-order valence-electron chi connectivity index (χ1n) is 11.1. The third kappa shape index (κ3) is 7.76.